The van der Waals surface area contributed by atoms with Gasteiger partial charge in [-0.2, -0.15) is 0 Å². The molecule has 0 aliphatic rings. The lowest BCUT2D eigenvalue weighted by atomic mass is 10.2. The molecule has 0 radical (unpaired) electrons. The second-order valence-corrected chi connectivity index (χ2v) is 4.98. The molecule has 0 aliphatic carbocycles. The topological polar surface area (TPSA) is 77.2 Å². The SMILES string of the molecule is Cc1c(CCC(=O)O)nnn1CCOc1ccc(Cl)cc1. The molecule has 1 N–H and O–H groups in total. The standard InChI is InChI=1S/C14H16ClN3O3/c1-10-13(6-7-14(19)20)16-17-18(10)8-9-21-12-4-2-11(15)3-5-12/h2-5H,6-9H2,1H3,(H,19,20). The van der Waals surface area contributed by atoms with E-state index in [0.29, 0.717) is 30.3 Å². The molecule has 2 aromatic rings. The lowest BCUT2D eigenvalue weighted by Gasteiger charge is -2.07. The van der Waals surface area contributed by atoms with Crippen LogP contribution in [-0.4, -0.2) is 32.7 Å². The minimum Gasteiger partial charge on any atom is -0.492 e. The fourth-order valence-corrected chi connectivity index (χ4v) is 1.97. The lowest BCUT2D eigenvalue weighted by molar-refractivity contribution is -0.136. The van der Waals surface area contributed by atoms with Gasteiger partial charge >= 0.3 is 5.97 Å². The number of hydrogen-bond donors (Lipinski definition) is 1. The van der Waals surface area contributed by atoms with Crippen LogP contribution in [0.25, 0.3) is 0 Å². The van der Waals surface area contributed by atoms with Crippen LogP contribution < -0.4 is 4.74 Å². The average molecular weight is 310 g/mol. The Balaban J connectivity index is 1.85. The Bertz CT molecular complexity index is 610. The Morgan fingerprint density at radius 2 is 2.10 bits per heavy atom. The molecule has 6 nitrogen and oxygen atoms in total. The fraction of sp³-hybridized carbons (Fsp3) is 0.357. The van der Waals surface area contributed by atoms with Gasteiger partial charge in [-0.05, 0) is 31.2 Å². The molecule has 2 rings (SSSR count). The van der Waals surface area contributed by atoms with Gasteiger partial charge in [-0.15, -0.1) is 5.10 Å². The number of halogens is 1. The quantitative estimate of drug-likeness (QED) is 0.849. The molecule has 1 aromatic carbocycles. The maximum Gasteiger partial charge on any atom is 0.303 e. The summed E-state index contributed by atoms with van der Waals surface area (Å²) in [5, 5.41) is 17.4. The summed E-state index contributed by atoms with van der Waals surface area (Å²) < 4.78 is 7.30. The number of carboxylic acids is 1. The van der Waals surface area contributed by atoms with Crippen LogP contribution in [0.4, 0.5) is 0 Å². The zero-order valence-electron chi connectivity index (χ0n) is 11.6. The van der Waals surface area contributed by atoms with Gasteiger partial charge in [0, 0.05) is 11.4 Å². The highest BCUT2D eigenvalue weighted by Crippen LogP contribution is 2.15. The van der Waals surface area contributed by atoms with E-state index in [4.69, 9.17) is 21.4 Å². The summed E-state index contributed by atoms with van der Waals surface area (Å²) in [4.78, 5) is 10.6. The number of aryl methyl sites for hydroxylation is 1. The molecule has 0 fully saturated rings. The van der Waals surface area contributed by atoms with Gasteiger partial charge in [0.15, 0.2) is 0 Å². The van der Waals surface area contributed by atoms with Gasteiger partial charge in [0.25, 0.3) is 0 Å². The van der Waals surface area contributed by atoms with E-state index in [1.54, 1.807) is 28.9 Å². The molecular weight excluding hydrogens is 294 g/mol. The Morgan fingerprint density at radius 1 is 1.38 bits per heavy atom. The number of aromatic nitrogens is 3. The van der Waals surface area contributed by atoms with E-state index in [2.05, 4.69) is 10.3 Å². The van der Waals surface area contributed by atoms with Crippen molar-refractivity contribution in [2.45, 2.75) is 26.3 Å². The average Bonchev–Trinajstić information content (AvgIpc) is 2.80. The van der Waals surface area contributed by atoms with Gasteiger partial charge in [-0.1, -0.05) is 16.8 Å². The summed E-state index contributed by atoms with van der Waals surface area (Å²) in [5.41, 5.74) is 1.58. The highest BCUT2D eigenvalue weighted by molar-refractivity contribution is 6.30. The van der Waals surface area contributed by atoms with E-state index in [0.717, 1.165) is 11.4 Å². The molecular formula is C14H16ClN3O3. The summed E-state index contributed by atoms with van der Waals surface area (Å²) in [6.45, 7) is 2.87. The predicted molar refractivity (Wildman–Crippen MR) is 77.7 cm³/mol. The number of rotatable bonds is 7. The van der Waals surface area contributed by atoms with Crippen LogP contribution in [0.5, 0.6) is 5.75 Å². The van der Waals surface area contributed by atoms with Crippen molar-refractivity contribution in [1.82, 2.24) is 15.0 Å². The minimum absolute atomic E-state index is 0.0564. The van der Waals surface area contributed by atoms with Crippen LogP contribution in [0.1, 0.15) is 17.8 Å². The van der Waals surface area contributed by atoms with Crippen LogP contribution >= 0.6 is 11.6 Å². The highest BCUT2D eigenvalue weighted by atomic mass is 35.5. The third kappa shape index (κ3) is 4.46. The first kappa shape index (κ1) is 15.3. The van der Waals surface area contributed by atoms with Gasteiger partial charge in [-0.3, -0.25) is 4.79 Å². The summed E-state index contributed by atoms with van der Waals surface area (Å²) in [6, 6.07) is 7.13. The second-order valence-electron chi connectivity index (χ2n) is 4.54. The zero-order chi connectivity index (χ0) is 15.2. The van der Waals surface area contributed by atoms with Crippen LogP contribution in [0.3, 0.4) is 0 Å². The molecule has 21 heavy (non-hydrogen) atoms. The minimum atomic E-state index is -0.838. The Morgan fingerprint density at radius 3 is 2.76 bits per heavy atom. The molecule has 0 amide bonds. The molecule has 0 saturated carbocycles. The predicted octanol–water partition coefficient (Wildman–Crippen LogP) is 2.34. The summed E-state index contributed by atoms with van der Waals surface area (Å²) in [6.07, 6.45) is 0.444. The van der Waals surface area contributed by atoms with Crippen molar-refractivity contribution in [2.75, 3.05) is 6.61 Å². The Hall–Kier alpha value is -2.08. The van der Waals surface area contributed by atoms with E-state index < -0.39 is 5.97 Å². The molecule has 112 valence electrons. The van der Waals surface area contributed by atoms with Crippen molar-refractivity contribution < 1.29 is 14.6 Å². The third-order valence-corrected chi connectivity index (χ3v) is 3.29. The van der Waals surface area contributed by atoms with Gasteiger partial charge < -0.3 is 9.84 Å². The number of ether oxygens (including phenoxy) is 1. The van der Waals surface area contributed by atoms with Crippen molar-refractivity contribution in [3.05, 3.63) is 40.7 Å². The Labute approximate surface area is 127 Å². The summed E-state index contributed by atoms with van der Waals surface area (Å²) in [5.74, 6) is -0.0988. The first-order chi connectivity index (χ1) is 10.1. The van der Waals surface area contributed by atoms with Crippen molar-refractivity contribution in [3.63, 3.8) is 0 Å². The molecule has 0 aliphatic heterocycles. The zero-order valence-corrected chi connectivity index (χ0v) is 12.4. The smallest absolute Gasteiger partial charge is 0.303 e. The number of carboxylic acid groups (broad SMARTS) is 1. The maximum absolute atomic E-state index is 10.6. The molecule has 1 heterocycles. The maximum atomic E-state index is 10.6. The van der Waals surface area contributed by atoms with E-state index in [9.17, 15) is 4.79 Å². The van der Waals surface area contributed by atoms with Crippen LogP contribution in [0, 0.1) is 6.92 Å². The molecule has 0 unspecified atom stereocenters. The van der Waals surface area contributed by atoms with Crippen molar-refractivity contribution >= 4 is 17.6 Å². The van der Waals surface area contributed by atoms with Crippen LogP contribution in [0.15, 0.2) is 24.3 Å². The molecule has 0 bridgehead atoms. The normalized spacial score (nSPS) is 10.6. The first-order valence-corrected chi connectivity index (χ1v) is 6.93. The van der Waals surface area contributed by atoms with Crippen LogP contribution in [-0.2, 0) is 17.8 Å². The summed E-state index contributed by atoms with van der Waals surface area (Å²) >= 11 is 5.80. The Kier molecular flexibility index (Phi) is 5.16. The van der Waals surface area contributed by atoms with Gasteiger partial charge in [0.05, 0.1) is 24.4 Å². The van der Waals surface area contributed by atoms with E-state index in [-0.39, 0.29) is 6.42 Å². The number of aliphatic carboxylic acids is 1. The van der Waals surface area contributed by atoms with E-state index in [1.165, 1.54) is 0 Å². The molecule has 0 spiro atoms. The number of nitrogens with zero attached hydrogens (tertiary/aromatic N) is 3. The largest absolute Gasteiger partial charge is 0.492 e. The van der Waals surface area contributed by atoms with Gasteiger partial charge in [0.2, 0.25) is 0 Å². The monoisotopic (exact) mass is 309 g/mol. The number of benzene rings is 1. The fourth-order valence-electron chi connectivity index (χ4n) is 1.85. The van der Waals surface area contributed by atoms with E-state index >= 15 is 0 Å². The molecule has 0 saturated heterocycles. The molecule has 1 aromatic heterocycles. The highest BCUT2D eigenvalue weighted by Gasteiger charge is 2.10. The van der Waals surface area contributed by atoms with Gasteiger partial charge in [-0.25, -0.2) is 4.68 Å². The number of hydrogen-bond acceptors (Lipinski definition) is 4. The van der Waals surface area contributed by atoms with E-state index in [1.807, 2.05) is 6.92 Å². The number of carbonyl (C=O) groups is 1. The van der Waals surface area contributed by atoms with Crippen molar-refractivity contribution in [3.8, 4) is 5.75 Å². The van der Waals surface area contributed by atoms with Crippen LogP contribution in [0.2, 0.25) is 5.02 Å². The second kappa shape index (κ2) is 7.08. The van der Waals surface area contributed by atoms with Crippen molar-refractivity contribution in [1.29, 1.82) is 0 Å². The van der Waals surface area contributed by atoms with Gasteiger partial charge in [0.1, 0.15) is 12.4 Å². The third-order valence-electron chi connectivity index (χ3n) is 3.04. The molecule has 0 atom stereocenters. The van der Waals surface area contributed by atoms with Crippen molar-refractivity contribution in [2.24, 2.45) is 0 Å². The lowest BCUT2D eigenvalue weighted by Crippen LogP contribution is -2.11. The first-order valence-electron chi connectivity index (χ1n) is 6.55. The molecule has 7 heteroatoms. The summed E-state index contributed by atoms with van der Waals surface area (Å²) in [7, 11) is 0.